The molecular formula is C6H10O3. The van der Waals surface area contributed by atoms with Crippen molar-refractivity contribution in [2.45, 2.75) is 6.92 Å². The van der Waals surface area contributed by atoms with Gasteiger partial charge in [0.05, 0.1) is 6.26 Å². The number of hydrogen-bond donors (Lipinski definition) is 1. The fraction of sp³-hybridized carbons (Fsp3) is 0.500. The maximum atomic E-state index is 10.6. The van der Waals surface area contributed by atoms with E-state index in [1.165, 1.54) is 14.0 Å². The Labute approximate surface area is 53.9 Å². The van der Waals surface area contributed by atoms with E-state index in [2.05, 4.69) is 4.74 Å². The summed E-state index contributed by atoms with van der Waals surface area (Å²) in [4.78, 5) is 10.6. The quantitative estimate of drug-likeness (QED) is 0.451. The molecule has 0 radical (unpaired) electrons. The molecule has 0 aliphatic heterocycles. The van der Waals surface area contributed by atoms with E-state index in [1.54, 1.807) is 0 Å². The van der Waals surface area contributed by atoms with Gasteiger partial charge in [0.25, 0.3) is 0 Å². The summed E-state index contributed by atoms with van der Waals surface area (Å²) >= 11 is 0. The molecule has 0 atom stereocenters. The van der Waals surface area contributed by atoms with Gasteiger partial charge in [0.2, 0.25) is 0 Å². The van der Waals surface area contributed by atoms with Gasteiger partial charge in [-0.05, 0) is 6.92 Å². The molecule has 0 aliphatic rings. The average molecular weight is 130 g/mol. The number of Topliss-reactive ketones (excluding diaryl/α,β-unsaturated/α-hetero) is 1. The number of hydrogen-bond acceptors (Lipinski definition) is 3. The SMILES string of the molecule is COCC(=O)/C(C)=C/O. The first-order valence-corrected chi connectivity index (χ1v) is 2.55. The minimum atomic E-state index is -0.194. The van der Waals surface area contributed by atoms with Crippen LogP contribution in [0.5, 0.6) is 0 Å². The molecule has 1 N–H and O–H groups in total. The van der Waals surface area contributed by atoms with E-state index >= 15 is 0 Å². The van der Waals surface area contributed by atoms with Crippen LogP contribution in [0.25, 0.3) is 0 Å². The second kappa shape index (κ2) is 4.09. The van der Waals surface area contributed by atoms with E-state index in [4.69, 9.17) is 5.11 Å². The normalized spacial score (nSPS) is 11.6. The van der Waals surface area contributed by atoms with Gasteiger partial charge in [-0.1, -0.05) is 0 Å². The van der Waals surface area contributed by atoms with Gasteiger partial charge in [0.1, 0.15) is 6.61 Å². The standard InChI is InChI=1S/C6H10O3/c1-5(3-7)6(8)4-9-2/h3,7H,4H2,1-2H3/b5-3+. The molecule has 0 saturated carbocycles. The van der Waals surface area contributed by atoms with Crippen LogP contribution < -0.4 is 0 Å². The molecule has 0 fully saturated rings. The van der Waals surface area contributed by atoms with Crippen LogP contribution in [0.4, 0.5) is 0 Å². The van der Waals surface area contributed by atoms with Gasteiger partial charge in [0.15, 0.2) is 5.78 Å². The number of aliphatic hydroxyl groups excluding tert-OH is 1. The average Bonchev–Trinajstić information content (AvgIpc) is 1.87. The van der Waals surface area contributed by atoms with Crippen LogP contribution >= 0.6 is 0 Å². The van der Waals surface area contributed by atoms with Gasteiger partial charge in [-0.2, -0.15) is 0 Å². The van der Waals surface area contributed by atoms with Gasteiger partial charge in [-0.15, -0.1) is 0 Å². The lowest BCUT2D eigenvalue weighted by Gasteiger charge is -1.94. The van der Waals surface area contributed by atoms with Crippen molar-refractivity contribution < 1.29 is 14.6 Å². The summed E-state index contributed by atoms with van der Waals surface area (Å²) in [5.74, 6) is -0.194. The summed E-state index contributed by atoms with van der Waals surface area (Å²) in [5, 5.41) is 8.29. The van der Waals surface area contributed by atoms with Gasteiger partial charge in [-0.3, -0.25) is 4.79 Å². The Kier molecular flexibility index (Phi) is 3.71. The highest BCUT2D eigenvalue weighted by Gasteiger charge is 2.01. The van der Waals surface area contributed by atoms with Crippen LogP contribution in [-0.4, -0.2) is 24.6 Å². The van der Waals surface area contributed by atoms with Crippen molar-refractivity contribution >= 4 is 5.78 Å². The van der Waals surface area contributed by atoms with Crippen LogP contribution in [0, 0.1) is 0 Å². The third kappa shape index (κ3) is 2.87. The first-order chi connectivity index (χ1) is 4.22. The Morgan fingerprint density at radius 2 is 2.33 bits per heavy atom. The van der Waals surface area contributed by atoms with E-state index in [0.29, 0.717) is 5.57 Å². The molecule has 0 aromatic heterocycles. The van der Waals surface area contributed by atoms with Gasteiger partial charge in [-0.25, -0.2) is 0 Å². The zero-order valence-electron chi connectivity index (χ0n) is 5.55. The lowest BCUT2D eigenvalue weighted by atomic mass is 10.2. The minimum Gasteiger partial charge on any atom is -0.515 e. The molecule has 0 spiro atoms. The summed E-state index contributed by atoms with van der Waals surface area (Å²) in [5.41, 5.74) is 0.317. The van der Waals surface area contributed by atoms with Gasteiger partial charge in [0, 0.05) is 12.7 Å². The summed E-state index contributed by atoms with van der Waals surface area (Å²) in [7, 11) is 1.43. The molecule has 0 bridgehead atoms. The Morgan fingerprint density at radius 3 is 2.67 bits per heavy atom. The highest BCUT2D eigenvalue weighted by Crippen LogP contribution is 1.91. The second-order valence-corrected chi connectivity index (χ2v) is 1.67. The summed E-state index contributed by atoms with van der Waals surface area (Å²) < 4.78 is 4.53. The zero-order valence-corrected chi connectivity index (χ0v) is 5.55. The summed E-state index contributed by atoms with van der Waals surface area (Å²) in [6, 6.07) is 0. The molecule has 3 nitrogen and oxygen atoms in total. The number of ketones is 1. The number of carbonyl (C=O) groups is 1. The smallest absolute Gasteiger partial charge is 0.187 e. The highest BCUT2D eigenvalue weighted by molar-refractivity contribution is 5.95. The van der Waals surface area contributed by atoms with Crippen LogP contribution in [0.1, 0.15) is 6.92 Å². The molecule has 52 valence electrons. The molecule has 3 heteroatoms. The van der Waals surface area contributed by atoms with E-state index in [9.17, 15) is 4.79 Å². The largest absolute Gasteiger partial charge is 0.515 e. The Morgan fingerprint density at radius 1 is 1.78 bits per heavy atom. The summed E-state index contributed by atoms with van der Waals surface area (Å²) in [6.45, 7) is 1.56. The van der Waals surface area contributed by atoms with Gasteiger partial charge >= 0.3 is 0 Å². The number of aliphatic hydroxyl groups is 1. The first kappa shape index (κ1) is 8.17. The molecule has 0 aromatic rings. The Bertz CT molecular complexity index is 126. The van der Waals surface area contributed by atoms with E-state index in [0.717, 1.165) is 6.26 Å². The third-order valence-corrected chi connectivity index (χ3v) is 0.909. The van der Waals surface area contributed by atoms with Crippen molar-refractivity contribution in [2.75, 3.05) is 13.7 Å². The fourth-order valence-electron chi connectivity index (χ4n) is 0.317. The lowest BCUT2D eigenvalue weighted by molar-refractivity contribution is -0.119. The van der Waals surface area contributed by atoms with Crippen molar-refractivity contribution in [1.29, 1.82) is 0 Å². The second-order valence-electron chi connectivity index (χ2n) is 1.67. The van der Waals surface area contributed by atoms with Crippen molar-refractivity contribution in [3.05, 3.63) is 11.8 Å². The van der Waals surface area contributed by atoms with Crippen LogP contribution in [0.3, 0.4) is 0 Å². The number of rotatable bonds is 3. The maximum Gasteiger partial charge on any atom is 0.187 e. The summed E-state index contributed by atoms with van der Waals surface area (Å²) in [6.07, 6.45) is 0.779. The van der Waals surface area contributed by atoms with E-state index in [1.807, 2.05) is 0 Å². The number of ether oxygens (including phenoxy) is 1. The van der Waals surface area contributed by atoms with Crippen molar-refractivity contribution in [2.24, 2.45) is 0 Å². The lowest BCUT2D eigenvalue weighted by Crippen LogP contribution is -2.07. The van der Waals surface area contributed by atoms with E-state index < -0.39 is 0 Å². The molecule has 0 unspecified atom stereocenters. The van der Waals surface area contributed by atoms with E-state index in [-0.39, 0.29) is 12.4 Å². The monoisotopic (exact) mass is 130 g/mol. The molecule has 0 rings (SSSR count). The number of carbonyl (C=O) groups excluding carboxylic acids is 1. The third-order valence-electron chi connectivity index (χ3n) is 0.909. The maximum absolute atomic E-state index is 10.6. The van der Waals surface area contributed by atoms with Crippen molar-refractivity contribution in [3.8, 4) is 0 Å². The van der Waals surface area contributed by atoms with Crippen LogP contribution in [0.15, 0.2) is 11.8 Å². The van der Waals surface area contributed by atoms with Crippen LogP contribution in [-0.2, 0) is 9.53 Å². The molecule has 9 heavy (non-hydrogen) atoms. The van der Waals surface area contributed by atoms with Gasteiger partial charge < -0.3 is 9.84 Å². The molecule has 0 heterocycles. The fourth-order valence-corrected chi connectivity index (χ4v) is 0.317. The predicted octanol–water partition coefficient (Wildman–Crippen LogP) is 0.664. The first-order valence-electron chi connectivity index (χ1n) is 2.55. The molecule has 0 amide bonds. The molecule has 0 saturated heterocycles. The number of methoxy groups -OCH3 is 1. The molecular weight excluding hydrogens is 120 g/mol. The Hall–Kier alpha value is -0.830. The van der Waals surface area contributed by atoms with Crippen molar-refractivity contribution in [3.63, 3.8) is 0 Å². The predicted molar refractivity (Wildman–Crippen MR) is 33.3 cm³/mol. The van der Waals surface area contributed by atoms with Crippen LogP contribution in [0.2, 0.25) is 0 Å². The molecule has 0 aliphatic carbocycles. The highest BCUT2D eigenvalue weighted by atomic mass is 16.5. The minimum absolute atomic E-state index is 0.0306. The molecule has 0 aromatic carbocycles. The van der Waals surface area contributed by atoms with Crippen molar-refractivity contribution in [1.82, 2.24) is 0 Å². The zero-order chi connectivity index (χ0) is 7.28. The Balaban J connectivity index is 3.74. The topological polar surface area (TPSA) is 46.5 Å².